The number of nitrogens with zero attached hydrogens (tertiary/aromatic N) is 3. The molecule has 124 valence electrons. The minimum absolute atomic E-state index is 0.0833. The molecular weight excluding hydrogens is 292 g/mol. The highest BCUT2D eigenvalue weighted by Crippen LogP contribution is 2.21. The maximum atomic E-state index is 12.6. The van der Waals surface area contributed by atoms with E-state index in [0.717, 1.165) is 12.2 Å². The minimum atomic E-state index is -0.0833. The molecule has 3 rings (SSSR count). The van der Waals surface area contributed by atoms with Crippen molar-refractivity contribution in [2.75, 3.05) is 26.2 Å². The van der Waals surface area contributed by atoms with E-state index >= 15 is 0 Å². The van der Waals surface area contributed by atoms with Gasteiger partial charge in [0.2, 0.25) is 0 Å². The molecule has 3 heterocycles. The lowest BCUT2D eigenvalue weighted by Crippen LogP contribution is -2.34. The molecule has 1 amide bonds. The van der Waals surface area contributed by atoms with Gasteiger partial charge in [-0.15, -0.1) is 0 Å². The number of amides is 1. The highest BCUT2D eigenvalue weighted by Gasteiger charge is 2.19. The average Bonchev–Trinajstić information content (AvgIpc) is 3.14. The molecule has 0 saturated carbocycles. The van der Waals surface area contributed by atoms with E-state index in [1.165, 1.54) is 25.9 Å². The Morgan fingerprint density at radius 1 is 1.39 bits per heavy atom. The maximum absolute atomic E-state index is 12.6. The summed E-state index contributed by atoms with van der Waals surface area (Å²) in [5, 5.41) is 7.67. The number of carbonyl (C=O) groups is 1. The van der Waals surface area contributed by atoms with Crippen molar-refractivity contribution in [2.24, 2.45) is 5.92 Å². The second kappa shape index (κ2) is 6.66. The van der Waals surface area contributed by atoms with E-state index in [-0.39, 0.29) is 5.91 Å². The van der Waals surface area contributed by atoms with Crippen LogP contribution >= 0.6 is 0 Å². The number of hydrogen-bond acceptors (Lipinski definition) is 5. The van der Waals surface area contributed by atoms with Crippen LogP contribution in [0.3, 0.4) is 0 Å². The summed E-state index contributed by atoms with van der Waals surface area (Å²) in [6.07, 6.45) is 2.58. The zero-order chi connectivity index (χ0) is 16.4. The van der Waals surface area contributed by atoms with Crippen LogP contribution in [0, 0.1) is 19.8 Å². The van der Waals surface area contributed by atoms with Crippen molar-refractivity contribution in [3.05, 3.63) is 23.0 Å². The summed E-state index contributed by atoms with van der Waals surface area (Å²) in [4.78, 5) is 19.3. The molecule has 0 radical (unpaired) electrons. The fourth-order valence-corrected chi connectivity index (χ4v) is 3.23. The zero-order valence-electron chi connectivity index (χ0n) is 14.1. The highest BCUT2D eigenvalue weighted by molar-refractivity contribution is 6.06. The van der Waals surface area contributed by atoms with Gasteiger partial charge in [0, 0.05) is 18.8 Å². The van der Waals surface area contributed by atoms with Gasteiger partial charge in [0.05, 0.1) is 16.6 Å². The molecule has 1 saturated heterocycles. The number of carbonyl (C=O) groups excluding carboxylic acids is 1. The Hall–Kier alpha value is -1.95. The predicted octanol–water partition coefficient (Wildman–Crippen LogP) is 2.30. The molecule has 1 atom stereocenters. The van der Waals surface area contributed by atoms with E-state index < -0.39 is 0 Å². The molecular formula is C17H24N4O2. The van der Waals surface area contributed by atoms with E-state index in [4.69, 9.17) is 4.52 Å². The van der Waals surface area contributed by atoms with Crippen LogP contribution in [0.25, 0.3) is 11.1 Å². The van der Waals surface area contributed by atoms with Crippen molar-refractivity contribution in [1.29, 1.82) is 0 Å². The molecule has 0 aliphatic carbocycles. The zero-order valence-corrected chi connectivity index (χ0v) is 14.1. The Morgan fingerprint density at radius 3 is 2.87 bits per heavy atom. The van der Waals surface area contributed by atoms with E-state index in [9.17, 15) is 4.79 Å². The Morgan fingerprint density at radius 2 is 2.13 bits per heavy atom. The molecule has 1 aliphatic heterocycles. The fraction of sp³-hybridized carbons (Fsp3) is 0.588. The Kier molecular flexibility index (Phi) is 4.61. The fourth-order valence-electron chi connectivity index (χ4n) is 3.23. The van der Waals surface area contributed by atoms with Gasteiger partial charge in [-0.3, -0.25) is 4.79 Å². The van der Waals surface area contributed by atoms with Crippen LogP contribution in [0.2, 0.25) is 0 Å². The molecule has 6 heteroatoms. The van der Waals surface area contributed by atoms with E-state index in [1.807, 2.05) is 13.8 Å². The summed E-state index contributed by atoms with van der Waals surface area (Å²) in [5.74, 6) is 0.346. The Balaban J connectivity index is 1.67. The smallest absolute Gasteiger partial charge is 0.258 e. The third kappa shape index (κ3) is 3.52. The van der Waals surface area contributed by atoms with Crippen molar-refractivity contribution in [2.45, 2.75) is 33.6 Å². The molecule has 2 aromatic heterocycles. The molecule has 23 heavy (non-hydrogen) atoms. The lowest BCUT2D eigenvalue weighted by atomic mass is 10.1. The lowest BCUT2D eigenvalue weighted by Gasteiger charge is -2.20. The van der Waals surface area contributed by atoms with Crippen LogP contribution in [0.4, 0.5) is 0 Å². The van der Waals surface area contributed by atoms with Crippen molar-refractivity contribution in [3.63, 3.8) is 0 Å². The number of likely N-dealkylation sites (tertiary alicyclic amines) is 1. The Bertz CT molecular complexity index is 704. The van der Waals surface area contributed by atoms with Crippen LogP contribution in [0.15, 0.2) is 10.6 Å². The average molecular weight is 316 g/mol. The molecule has 0 spiro atoms. The number of aryl methyl sites for hydroxylation is 2. The standard InChI is InChI=1S/C17H24N4O2/c1-11(10-21-6-4-5-7-21)9-18-16(22)14-8-12(2)19-17-15(14)13(3)20-23-17/h8,11H,4-7,9-10H2,1-3H3,(H,18,22). The summed E-state index contributed by atoms with van der Waals surface area (Å²) in [6.45, 7) is 9.93. The number of pyridine rings is 1. The topological polar surface area (TPSA) is 71.3 Å². The first-order valence-electron chi connectivity index (χ1n) is 8.29. The van der Waals surface area contributed by atoms with Gasteiger partial charge >= 0.3 is 0 Å². The first-order chi connectivity index (χ1) is 11.0. The molecule has 1 aliphatic rings. The molecule has 0 aromatic carbocycles. The first kappa shape index (κ1) is 15.9. The first-order valence-corrected chi connectivity index (χ1v) is 8.29. The van der Waals surface area contributed by atoms with Crippen molar-refractivity contribution in [1.82, 2.24) is 20.4 Å². The van der Waals surface area contributed by atoms with E-state index in [1.54, 1.807) is 6.07 Å². The van der Waals surface area contributed by atoms with Gasteiger partial charge in [0.15, 0.2) is 0 Å². The van der Waals surface area contributed by atoms with Crippen LogP contribution in [-0.2, 0) is 0 Å². The third-order valence-electron chi connectivity index (χ3n) is 4.37. The number of hydrogen-bond donors (Lipinski definition) is 1. The van der Waals surface area contributed by atoms with Gasteiger partial charge in [-0.05, 0) is 51.8 Å². The number of aromatic nitrogens is 2. The normalized spacial score (nSPS) is 16.8. The SMILES string of the molecule is Cc1cc(C(=O)NCC(C)CN2CCCC2)c2c(C)noc2n1. The molecule has 2 aromatic rings. The third-order valence-corrected chi connectivity index (χ3v) is 4.37. The summed E-state index contributed by atoms with van der Waals surface area (Å²) < 4.78 is 5.19. The van der Waals surface area contributed by atoms with Gasteiger partial charge in [0.25, 0.3) is 11.6 Å². The summed E-state index contributed by atoms with van der Waals surface area (Å²) in [5.41, 5.74) is 2.48. The number of fused-ring (bicyclic) bond motifs is 1. The number of nitrogens with one attached hydrogen (secondary N) is 1. The van der Waals surface area contributed by atoms with E-state index in [2.05, 4.69) is 27.3 Å². The van der Waals surface area contributed by atoms with Crippen molar-refractivity contribution < 1.29 is 9.32 Å². The van der Waals surface area contributed by atoms with Crippen LogP contribution in [-0.4, -0.2) is 47.1 Å². The van der Waals surface area contributed by atoms with Gasteiger partial charge < -0.3 is 14.7 Å². The summed E-state index contributed by atoms with van der Waals surface area (Å²) in [7, 11) is 0. The second-order valence-corrected chi connectivity index (χ2v) is 6.58. The van der Waals surface area contributed by atoms with Gasteiger partial charge in [-0.25, -0.2) is 4.98 Å². The van der Waals surface area contributed by atoms with Gasteiger partial charge in [0.1, 0.15) is 0 Å². The molecule has 6 nitrogen and oxygen atoms in total. The summed E-state index contributed by atoms with van der Waals surface area (Å²) in [6, 6.07) is 1.80. The van der Waals surface area contributed by atoms with Gasteiger partial charge in [-0.2, -0.15) is 0 Å². The van der Waals surface area contributed by atoms with Crippen molar-refractivity contribution >= 4 is 17.0 Å². The maximum Gasteiger partial charge on any atom is 0.258 e. The molecule has 0 bridgehead atoms. The van der Waals surface area contributed by atoms with Crippen LogP contribution in [0.1, 0.15) is 41.5 Å². The van der Waals surface area contributed by atoms with Gasteiger partial charge in [-0.1, -0.05) is 12.1 Å². The minimum Gasteiger partial charge on any atom is -0.352 e. The highest BCUT2D eigenvalue weighted by atomic mass is 16.5. The summed E-state index contributed by atoms with van der Waals surface area (Å²) >= 11 is 0. The number of rotatable bonds is 5. The van der Waals surface area contributed by atoms with Crippen LogP contribution < -0.4 is 5.32 Å². The lowest BCUT2D eigenvalue weighted by molar-refractivity contribution is 0.0946. The van der Waals surface area contributed by atoms with E-state index in [0.29, 0.717) is 34.8 Å². The van der Waals surface area contributed by atoms with Crippen molar-refractivity contribution in [3.8, 4) is 0 Å². The second-order valence-electron chi connectivity index (χ2n) is 6.58. The quantitative estimate of drug-likeness (QED) is 0.916. The predicted molar refractivity (Wildman–Crippen MR) is 88.4 cm³/mol. The molecule has 1 N–H and O–H groups in total. The molecule has 1 unspecified atom stereocenters. The molecule has 1 fully saturated rings. The van der Waals surface area contributed by atoms with Crippen LogP contribution in [0.5, 0.6) is 0 Å². The monoisotopic (exact) mass is 316 g/mol. The Labute approximate surface area is 136 Å². The largest absolute Gasteiger partial charge is 0.352 e.